The molecule has 0 atom stereocenters. The predicted octanol–water partition coefficient (Wildman–Crippen LogP) is 3.34. The molecule has 0 radical (unpaired) electrons. The molecule has 2 N–H and O–H groups in total. The van der Waals surface area contributed by atoms with Gasteiger partial charge in [0.25, 0.3) is 0 Å². The maximum absolute atomic E-state index is 5.62. The van der Waals surface area contributed by atoms with Gasteiger partial charge in [-0.2, -0.15) is 0 Å². The fourth-order valence-electron chi connectivity index (χ4n) is 2.08. The molecule has 5 heteroatoms. The van der Waals surface area contributed by atoms with Crippen LogP contribution in [0.15, 0.2) is 59.6 Å². The lowest BCUT2D eigenvalue weighted by molar-refractivity contribution is 0.804. The van der Waals surface area contributed by atoms with E-state index in [4.69, 9.17) is 5.73 Å². The van der Waals surface area contributed by atoms with Gasteiger partial charge in [0.05, 0.1) is 18.2 Å². The van der Waals surface area contributed by atoms with Crippen molar-refractivity contribution in [2.24, 2.45) is 0 Å². The van der Waals surface area contributed by atoms with E-state index >= 15 is 0 Å². The maximum atomic E-state index is 5.62. The van der Waals surface area contributed by atoms with Crippen molar-refractivity contribution in [2.75, 3.05) is 5.73 Å². The number of rotatable bonds is 3. The number of anilines is 1. The minimum atomic E-state index is 0.520. The van der Waals surface area contributed by atoms with Gasteiger partial charge >= 0.3 is 0 Å². The molecule has 0 aliphatic carbocycles. The van der Waals surface area contributed by atoms with Crippen LogP contribution in [0.1, 0.15) is 5.56 Å². The highest BCUT2D eigenvalue weighted by atomic mass is 79.9. The second-order valence-electron chi connectivity index (χ2n) is 4.51. The molecular formula is C15H13BrN4. The average Bonchev–Trinajstić information content (AvgIpc) is 2.88. The fourth-order valence-corrected chi connectivity index (χ4v) is 2.52. The molecule has 4 nitrogen and oxygen atoms in total. The monoisotopic (exact) mass is 328 g/mol. The lowest BCUT2D eigenvalue weighted by Gasteiger charge is -2.08. The molecule has 3 aromatic rings. The number of hydrogen-bond donors (Lipinski definition) is 1. The summed E-state index contributed by atoms with van der Waals surface area (Å²) >= 11 is 3.49. The highest BCUT2D eigenvalue weighted by Gasteiger charge is 2.06. The van der Waals surface area contributed by atoms with Crippen LogP contribution in [0.25, 0.3) is 11.3 Å². The van der Waals surface area contributed by atoms with Crippen LogP contribution in [0.3, 0.4) is 0 Å². The summed E-state index contributed by atoms with van der Waals surface area (Å²) in [5.41, 5.74) is 8.86. The standard InChI is InChI=1S/C15H13BrN4/c16-13-3-1-2-11(6-13)9-20-10-18-8-14(20)12-4-5-15(17)19-7-12/h1-8,10H,9H2,(H2,17,19). The third-order valence-electron chi connectivity index (χ3n) is 3.04. The van der Waals surface area contributed by atoms with Gasteiger partial charge in [-0.1, -0.05) is 28.1 Å². The first-order chi connectivity index (χ1) is 9.72. The van der Waals surface area contributed by atoms with Crippen LogP contribution in [0.5, 0.6) is 0 Å². The zero-order valence-electron chi connectivity index (χ0n) is 10.7. The Morgan fingerprint density at radius 2 is 2.05 bits per heavy atom. The SMILES string of the molecule is Nc1ccc(-c2cncn2Cc2cccc(Br)c2)cn1. The van der Waals surface area contributed by atoms with Crippen molar-refractivity contribution in [1.82, 2.24) is 14.5 Å². The molecule has 0 unspecified atom stereocenters. The van der Waals surface area contributed by atoms with E-state index in [9.17, 15) is 0 Å². The highest BCUT2D eigenvalue weighted by molar-refractivity contribution is 9.10. The lowest BCUT2D eigenvalue weighted by Crippen LogP contribution is -2.00. The summed E-state index contributed by atoms with van der Waals surface area (Å²) in [6.45, 7) is 0.763. The van der Waals surface area contributed by atoms with Gasteiger partial charge in [-0.3, -0.25) is 0 Å². The van der Waals surface area contributed by atoms with Crippen molar-refractivity contribution < 1.29 is 0 Å². The molecule has 0 spiro atoms. The van der Waals surface area contributed by atoms with Crippen molar-refractivity contribution in [3.05, 3.63) is 65.2 Å². The van der Waals surface area contributed by atoms with E-state index in [0.717, 1.165) is 22.3 Å². The van der Waals surface area contributed by atoms with Crippen molar-refractivity contribution >= 4 is 21.7 Å². The second kappa shape index (κ2) is 5.46. The molecule has 2 aromatic heterocycles. The minimum Gasteiger partial charge on any atom is -0.384 e. The van der Waals surface area contributed by atoms with E-state index in [-0.39, 0.29) is 0 Å². The first kappa shape index (κ1) is 12.9. The molecule has 0 fully saturated rings. The van der Waals surface area contributed by atoms with Gasteiger partial charge in [0.1, 0.15) is 5.82 Å². The van der Waals surface area contributed by atoms with Gasteiger partial charge in [-0.05, 0) is 29.8 Å². The van der Waals surface area contributed by atoms with Gasteiger partial charge in [-0.15, -0.1) is 0 Å². The average molecular weight is 329 g/mol. The highest BCUT2D eigenvalue weighted by Crippen LogP contribution is 2.20. The lowest BCUT2D eigenvalue weighted by atomic mass is 10.2. The molecule has 0 saturated heterocycles. The Balaban J connectivity index is 1.92. The summed E-state index contributed by atoms with van der Waals surface area (Å²) in [4.78, 5) is 8.36. The Hall–Kier alpha value is -2.14. The summed E-state index contributed by atoms with van der Waals surface area (Å²) in [6.07, 6.45) is 5.43. The van der Waals surface area contributed by atoms with Crippen LogP contribution in [0, 0.1) is 0 Å². The number of aromatic nitrogens is 3. The Kier molecular flexibility index (Phi) is 3.52. The zero-order chi connectivity index (χ0) is 13.9. The number of nitrogens with zero attached hydrogens (tertiary/aromatic N) is 3. The number of benzene rings is 1. The molecule has 0 aliphatic heterocycles. The van der Waals surface area contributed by atoms with E-state index in [1.807, 2.05) is 30.7 Å². The predicted molar refractivity (Wildman–Crippen MR) is 83.1 cm³/mol. The van der Waals surface area contributed by atoms with Gasteiger partial charge in [0.2, 0.25) is 0 Å². The summed E-state index contributed by atoms with van der Waals surface area (Å²) < 4.78 is 3.17. The summed E-state index contributed by atoms with van der Waals surface area (Å²) in [5.74, 6) is 0.520. The molecule has 2 heterocycles. The molecule has 3 rings (SSSR count). The van der Waals surface area contributed by atoms with E-state index in [2.05, 4.69) is 42.6 Å². The van der Waals surface area contributed by atoms with Crippen molar-refractivity contribution in [3.8, 4) is 11.3 Å². The first-order valence-electron chi connectivity index (χ1n) is 6.19. The van der Waals surface area contributed by atoms with Gasteiger partial charge in [-0.25, -0.2) is 9.97 Å². The molecule has 0 amide bonds. The first-order valence-corrected chi connectivity index (χ1v) is 6.98. The third kappa shape index (κ3) is 2.72. The van der Waals surface area contributed by atoms with Crippen molar-refractivity contribution in [2.45, 2.75) is 6.54 Å². The van der Waals surface area contributed by atoms with Gasteiger partial charge in [0, 0.05) is 22.8 Å². The summed E-state index contributed by atoms with van der Waals surface area (Å²) in [5, 5.41) is 0. The van der Waals surface area contributed by atoms with Crippen LogP contribution in [-0.2, 0) is 6.54 Å². The number of nitrogens with two attached hydrogens (primary N) is 1. The quantitative estimate of drug-likeness (QED) is 0.802. The largest absolute Gasteiger partial charge is 0.384 e. The summed E-state index contributed by atoms with van der Waals surface area (Å²) in [7, 11) is 0. The Bertz CT molecular complexity index is 719. The Morgan fingerprint density at radius 3 is 2.80 bits per heavy atom. The van der Waals surface area contributed by atoms with E-state index in [1.54, 1.807) is 12.3 Å². The van der Waals surface area contributed by atoms with E-state index in [1.165, 1.54) is 5.56 Å². The molecule has 20 heavy (non-hydrogen) atoms. The van der Waals surface area contributed by atoms with Crippen molar-refractivity contribution in [3.63, 3.8) is 0 Å². The smallest absolute Gasteiger partial charge is 0.123 e. The number of imidazole rings is 1. The third-order valence-corrected chi connectivity index (χ3v) is 3.53. The molecule has 0 bridgehead atoms. The normalized spacial score (nSPS) is 10.7. The molecule has 1 aromatic carbocycles. The molecule has 0 saturated carbocycles. The number of halogens is 1. The van der Waals surface area contributed by atoms with Crippen molar-refractivity contribution in [1.29, 1.82) is 0 Å². The number of hydrogen-bond acceptors (Lipinski definition) is 3. The summed E-state index contributed by atoms with van der Waals surface area (Å²) in [6, 6.07) is 12.0. The fraction of sp³-hybridized carbons (Fsp3) is 0.0667. The molecular weight excluding hydrogens is 316 g/mol. The van der Waals surface area contributed by atoms with Crippen LogP contribution in [-0.4, -0.2) is 14.5 Å². The Labute approximate surface area is 125 Å². The molecule has 100 valence electrons. The van der Waals surface area contributed by atoms with Gasteiger partial charge in [0.15, 0.2) is 0 Å². The number of nitrogen functional groups attached to an aromatic ring is 1. The van der Waals surface area contributed by atoms with Gasteiger partial charge < -0.3 is 10.3 Å². The zero-order valence-corrected chi connectivity index (χ0v) is 12.3. The van der Waals surface area contributed by atoms with E-state index in [0.29, 0.717) is 5.82 Å². The van der Waals surface area contributed by atoms with Crippen LogP contribution in [0.4, 0.5) is 5.82 Å². The maximum Gasteiger partial charge on any atom is 0.123 e. The topological polar surface area (TPSA) is 56.7 Å². The second-order valence-corrected chi connectivity index (χ2v) is 5.42. The Morgan fingerprint density at radius 1 is 1.15 bits per heavy atom. The van der Waals surface area contributed by atoms with Crippen LogP contribution >= 0.6 is 15.9 Å². The van der Waals surface area contributed by atoms with Crippen LogP contribution in [0.2, 0.25) is 0 Å². The minimum absolute atomic E-state index is 0.520. The van der Waals surface area contributed by atoms with E-state index < -0.39 is 0 Å². The van der Waals surface area contributed by atoms with Crippen LogP contribution < -0.4 is 5.73 Å². The molecule has 0 aliphatic rings. The number of pyridine rings is 1.